The highest BCUT2D eigenvalue weighted by molar-refractivity contribution is 5.11. The summed E-state index contributed by atoms with van der Waals surface area (Å²) in [5.41, 5.74) is 7.39. The van der Waals surface area contributed by atoms with E-state index in [1.165, 1.54) is 0 Å². The van der Waals surface area contributed by atoms with Gasteiger partial charge in [-0.25, -0.2) is 0 Å². The molecule has 4 nitrogen and oxygen atoms in total. The fourth-order valence-electron chi connectivity index (χ4n) is 2.07. The third-order valence-corrected chi connectivity index (χ3v) is 3.14. The molecule has 1 saturated heterocycles. The van der Waals surface area contributed by atoms with Crippen LogP contribution in [0.1, 0.15) is 31.4 Å². The molecule has 1 aliphatic rings. The van der Waals surface area contributed by atoms with Crippen molar-refractivity contribution in [3.05, 3.63) is 18.0 Å². The van der Waals surface area contributed by atoms with Crippen LogP contribution in [-0.2, 0) is 11.3 Å². The van der Waals surface area contributed by atoms with E-state index in [0.717, 1.165) is 38.2 Å². The summed E-state index contributed by atoms with van der Waals surface area (Å²) in [7, 11) is 0. The molecule has 4 heteroatoms. The molecule has 2 N–H and O–H groups in total. The molecule has 1 aromatic heterocycles. The number of hydrogen-bond donors (Lipinski definition) is 1. The fourth-order valence-corrected chi connectivity index (χ4v) is 2.07. The third kappa shape index (κ3) is 2.38. The van der Waals surface area contributed by atoms with Crippen molar-refractivity contribution in [3.63, 3.8) is 0 Å². The Morgan fingerprint density at radius 3 is 2.93 bits per heavy atom. The molecule has 0 spiro atoms. The highest BCUT2D eigenvalue weighted by atomic mass is 16.5. The largest absolute Gasteiger partial charge is 0.381 e. The maximum Gasteiger partial charge on any atom is 0.0537 e. The van der Waals surface area contributed by atoms with Gasteiger partial charge in [-0.05, 0) is 25.7 Å². The van der Waals surface area contributed by atoms with Crippen LogP contribution in [0, 0.1) is 5.92 Å². The minimum absolute atomic E-state index is 0.120. The molecule has 2 heterocycles. The highest BCUT2D eigenvalue weighted by Gasteiger charge is 2.23. The standard InChI is InChI=1S/C11H19N3O/c1-2-14-8-10(7-13-14)11(12)9-3-5-15-6-4-9/h7-9,11H,2-6,12H2,1H3. The van der Waals surface area contributed by atoms with Gasteiger partial charge in [-0.15, -0.1) is 0 Å². The van der Waals surface area contributed by atoms with Gasteiger partial charge in [-0.2, -0.15) is 5.10 Å². The van der Waals surface area contributed by atoms with Crippen molar-refractivity contribution in [1.29, 1.82) is 0 Å². The van der Waals surface area contributed by atoms with Crippen molar-refractivity contribution in [2.24, 2.45) is 11.7 Å². The summed E-state index contributed by atoms with van der Waals surface area (Å²) in [4.78, 5) is 0. The molecule has 84 valence electrons. The number of nitrogens with two attached hydrogens (primary N) is 1. The third-order valence-electron chi connectivity index (χ3n) is 3.14. The van der Waals surface area contributed by atoms with Gasteiger partial charge in [0.25, 0.3) is 0 Å². The molecule has 0 amide bonds. The Morgan fingerprint density at radius 1 is 1.60 bits per heavy atom. The van der Waals surface area contributed by atoms with Gasteiger partial charge in [-0.3, -0.25) is 4.68 Å². The zero-order valence-electron chi connectivity index (χ0n) is 9.22. The normalized spacial score (nSPS) is 20.4. The van der Waals surface area contributed by atoms with E-state index < -0.39 is 0 Å². The fraction of sp³-hybridized carbons (Fsp3) is 0.727. The molecular weight excluding hydrogens is 190 g/mol. The maximum absolute atomic E-state index is 6.23. The number of aryl methyl sites for hydroxylation is 1. The Kier molecular flexibility index (Phi) is 3.38. The van der Waals surface area contributed by atoms with Gasteiger partial charge in [0, 0.05) is 37.6 Å². The van der Waals surface area contributed by atoms with Crippen molar-refractivity contribution in [2.75, 3.05) is 13.2 Å². The van der Waals surface area contributed by atoms with Gasteiger partial charge in [-0.1, -0.05) is 0 Å². The first-order valence-electron chi connectivity index (χ1n) is 5.67. The van der Waals surface area contributed by atoms with E-state index in [0.29, 0.717) is 5.92 Å². The van der Waals surface area contributed by atoms with E-state index in [2.05, 4.69) is 18.2 Å². The Bertz CT molecular complexity index is 305. The smallest absolute Gasteiger partial charge is 0.0537 e. The Morgan fingerprint density at radius 2 is 2.33 bits per heavy atom. The zero-order chi connectivity index (χ0) is 10.7. The molecule has 0 aliphatic carbocycles. The first-order valence-corrected chi connectivity index (χ1v) is 5.67. The molecule has 1 aliphatic heterocycles. The molecule has 2 rings (SSSR count). The van der Waals surface area contributed by atoms with E-state index in [1.807, 2.05) is 10.9 Å². The van der Waals surface area contributed by atoms with Gasteiger partial charge < -0.3 is 10.5 Å². The van der Waals surface area contributed by atoms with E-state index in [4.69, 9.17) is 10.5 Å². The Labute approximate surface area is 90.4 Å². The minimum atomic E-state index is 0.120. The monoisotopic (exact) mass is 209 g/mol. The van der Waals surface area contributed by atoms with Crippen LogP contribution in [-0.4, -0.2) is 23.0 Å². The SMILES string of the molecule is CCn1cc(C(N)C2CCOCC2)cn1. The van der Waals surface area contributed by atoms with E-state index in [9.17, 15) is 0 Å². The lowest BCUT2D eigenvalue weighted by atomic mass is 9.89. The van der Waals surface area contributed by atoms with Crippen LogP contribution in [0.2, 0.25) is 0 Å². The van der Waals surface area contributed by atoms with Gasteiger partial charge in [0.05, 0.1) is 6.20 Å². The van der Waals surface area contributed by atoms with Crippen molar-refractivity contribution < 1.29 is 4.74 Å². The lowest BCUT2D eigenvalue weighted by molar-refractivity contribution is 0.0583. The lowest BCUT2D eigenvalue weighted by Crippen LogP contribution is -2.27. The van der Waals surface area contributed by atoms with Gasteiger partial charge >= 0.3 is 0 Å². The number of rotatable bonds is 3. The summed E-state index contributed by atoms with van der Waals surface area (Å²) in [5, 5.41) is 4.26. The molecule has 0 radical (unpaired) electrons. The van der Waals surface area contributed by atoms with Crippen LogP contribution in [0.5, 0.6) is 0 Å². The summed E-state index contributed by atoms with van der Waals surface area (Å²) >= 11 is 0. The summed E-state index contributed by atoms with van der Waals surface area (Å²) in [6.07, 6.45) is 6.08. The number of hydrogen-bond acceptors (Lipinski definition) is 3. The first kappa shape index (κ1) is 10.6. The molecule has 1 aromatic rings. The average molecular weight is 209 g/mol. The Balaban J connectivity index is 2.02. The van der Waals surface area contributed by atoms with Crippen molar-refractivity contribution in [2.45, 2.75) is 32.4 Å². The molecule has 15 heavy (non-hydrogen) atoms. The highest BCUT2D eigenvalue weighted by Crippen LogP contribution is 2.27. The molecule has 1 atom stereocenters. The second-order valence-electron chi connectivity index (χ2n) is 4.10. The van der Waals surface area contributed by atoms with Crippen LogP contribution in [0.4, 0.5) is 0 Å². The van der Waals surface area contributed by atoms with Crippen LogP contribution in [0.15, 0.2) is 12.4 Å². The van der Waals surface area contributed by atoms with Crippen LogP contribution < -0.4 is 5.73 Å². The second kappa shape index (κ2) is 4.77. The molecule has 0 aromatic carbocycles. The second-order valence-corrected chi connectivity index (χ2v) is 4.10. The first-order chi connectivity index (χ1) is 7.31. The van der Waals surface area contributed by atoms with E-state index in [-0.39, 0.29) is 6.04 Å². The molecule has 1 unspecified atom stereocenters. The van der Waals surface area contributed by atoms with Gasteiger partial charge in [0.15, 0.2) is 0 Å². The summed E-state index contributed by atoms with van der Waals surface area (Å²) in [5.74, 6) is 0.549. The average Bonchev–Trinajstić information content (AvgIpc) is 2.78. The maximum atomic E-state index is 6.23. The van der Waals surface area contributed by atoms with Crippen LogP contribution in [0.3, 0.4) is 0 Å². The molecular formula is C11H19N3O. The van der Waals surface area contributed by atoms with Crippen molar-refractivity contribution in [3.8, 4) is 0 Å². The van der Waals surface area contributed by atoms with Gasteiger partial charge in [0.1, 0.15) is 0 Å². The topological polar surface area (TPSA) is 53.1 Å². The zero-order valence-corrected chi connectivity index (χ0v) is 9.22. The number of ether oxygens (including phenoxy) is 1. The molecule has 0 saturated carbocycles. The van der Waals surface area contributed by atoms with Gasteiger partial charge in [0.2, 0.25) is 0 Å². The van der Waals surface area contributed by atoms with E-state index in [1.54, 1.807) is 0 Å². The molecule has 1 fully saturated rings. The van der Waals surface area contributed by atoms with Crippen molar-refractivity contribution in [1.82, 2.24) is 9.78 Å². The Hall–Kier alpha value is -0.870. The lowest BCUT2D eigenvalue weighted by Gasteiger charge is -2.26. The quantitative estimate of drug-likeness (QED) is 0.817. The number of nitrogens with zero attached hydrogens (tertiary/aromatic N) is 2. The minimum Gasteiger partial charge on any atom is -0.381 e. The molecule has 0 bridgehead atoms. The van der Waals surface area contributed by atoms with E-state index >= 15 is 0 Å². The van der Waals surface area contributed by atoms with Crippen LogP contribution >= 0.6 is 0 Å². The summed E-state index contributed by atoms with van der Waals surface area (Å²) in [6, 6.07) is 0.120. The number of aromatic nitrogens is 2. The summed E-state index contributed by atoms with van der Waals surface area (Å²) in [6.45, 7) is 4.68. The van der Waals surface area contributed by atoms with Crippen LogP contribution in [0.25, 0.3) is 0 Å². The summed E-state index contributed by atoms with van der Waals surface area (Å²) < 4.78 is 7.26. The predicted molar refractivity (Wildman–Crippen MR) is 58.4 cm³/mol. The van der Waals surface area contributed by atoms with Crippen molar-refractivity contribution >= 4 is 0 Å². The predicted octanol–water partition coefficient (Wildman–Crippen LogP) is 1.33.